The molecule has 0 radical (unpaired) electrons. The normalized spacial score (nSPS) is 52.8. The minimum Gasteiger partial charge on any atom is -0.118 e. The molecule has 1 fully saturated rings. The van der Waals surface area contributed by atoms with Gasteiger partial charge in [-0.05, 0) is 11.8 Å². The molecule has 0 amide bonds. The Balaban J connectivity index is 2.67. The van der Waals surface area contributed by atoms with E-state index >= 15 is 0 Å². The van der Waals surface area contributed by atoms with Gasteiger partial charge in [0.25, 0.3) is 0 Å². The first-order valence-electron chi connectivity index (χ1n) is 2.79. The smallest absolute Gasteiger partial charge is 0.110 e. The molecular weight excluding hydrogens is 120 g/mol. The zero-order valence-electron chi connectivity index (χ0n) is 5.11. The fourth-order valence-corrected chi connectivity index (χ4v) is 1.30. The second kappa shape index (κ2) is 1.42. The van der Waals surface area contributed by atoms with Gasteiger partial charge in [0, 0.05) is 0 Å². The van der Waals surface area contributed by atoms with Crippen LogP contribution in [0.4, 0.5) is 0 Å². The molecule has 1 aliphatic carbocycles. The van der Waals surface area contributed by atoms with Crippen LogP contribution in [0.25, 0.3) is 0 Å². The molecule has 0 spiro atoms. The summed E-state index contributed by atoms with van der Waals surface area (Å²) in [7, 11) is 0. The van der Waals surface area contributed by atoms with Crippen molar-refractivity contribution in [3.8, 4) is 12.3 Å². The largest absolute Gasteiger partial charge is 0.118 e. The van der Waals surface area contributed by atoms with Crippen LogP contribution in [0.3, 0.4) is 0 Å². The molecule has 1 aliphatic rings. The highest BCUT2D eigenvalue weighted by Crippen LogP contribution is 2.54. The lowest BCUT2D eigenvalue weighted by molar-refractivity contribution is 0.834. The van der Waals surface area contributed by atoms with E-state index in [0.717, 1.165) is 0 Å². The van der Waals surface area contributed by atoms with Gasteiger partial charge in [0.05, 0.1) is 0 Å². The van der Waals surface area contributed by atoms with Crippen molar-refractivity contribution in [2.45, 2.75) is 18.7 Å². The molecule has 0 saturated heterocycles. The summed E-state index contributed by atoms with van der Waals surface area (Å²) in [6, 6.07) is 0. The number of rotatable bonds is 0. The standard InChI is InChI=1S/C7H9Cl/c1-4-7(8)5(2)6(7)3/h1,5-6H,2-3H3. The Morgan fingerprint density at radius 2 is 1.88 bits per heavy atom. The highest BCUT2D eigenvalue weighted by atomic mass is 35.5. The molecule has 1 rings (SSSR count). The molecule has 0 nitrogen and oxygen atoms in total. The Kier molecular flexibility index (Phi) is 1.06. The van der Waals surface area contributed by atoms with Gasteiger partial charge in [0.2, 0.25) is 0 Å². The Hall–Kier alpha value is -0.150. The van der Waals surface area contributed by atoms with E-state index in [-0.39, 0.29) is 4.87 Å². The van der Waals surface area contributed by atoms with Crippen LogP contribution in [0, 0.1) is 24.2 Å². The molecule has 2 unspecified atom stereocenters. The highest BCUT2D eigenvalue weighted by molar-refractivity contribution is 6.28. The third-order valence-corrected chi connectivity index (χ3v) is 2.98. The average molecular weight is 129 g/mol. The van der Waals surface area contributed by atoms with Gasteiger partial charge >= 0.3 is 0 Å². The lowest BCUT2D eigenvalue weighted by Crippen LogP contribution is -1.95. The summed E-state index contributed by atoms with van der Waals surface area (Å²) in [4.78, 5) is -0.292. The molecule has 1 heteroatoms. The summed E-state index contributed by atoms with van der Waals surface area (Å²) in [6.45, 7) is 4.16. The molecule has 44 valence electrons. The van der Waals surface area contributed by atoms with E-state index in [4.69, 9.17) is 18.0 Å². The molecule has 8 heavy (non-hydrogen) atoms. The van der Waals surface area contributed by atoms with Gasteiger partial charge in [-0.2, -0.15) is 0 Å². The minimum atomic E-state index is -0.292. The third-order valence-electron chi connectivity index (χ3n) is 2.19. The first-order valence-corrected chi connectivity index (χ1v) is 3.17. The number of alkyl halides is 1. The van der Waals surface area contributed by atoms with Gasteiger partial charge in [-0.1, -0.05) is 19.8 Å². The molecule has 0 heterocycles. The Morgan fingerprint density at radius 3 is 1.88 bits per heavy atom. The summed E-state index contributed by atoms with van der Waals surface area (Å²) in [6.07, 6.45) is 5.17. The van der Waals surface area contributed by atoms with Crippen LogP contribution in [-0.4, -0.2) is 4.87 Å². The summed E-state index contributed by atoms with van der Waals surface area (Å²) < 4.78 is 0. The maximum Gasteiger partial charge on any atom is 0.110 e. The van der Waals surface area contributed by atoms with E-state index in [1.807, 2.05) is 0 Å². The predicted molar refractivity (Wildman–Crippen MR) is 35.7 cm³/mol. The van der Waals surface area contributed by atoms with E-state index in [1.165, 1.54) is 0 Å². The number of hydrogen-bond acceptors (Lipinski definition) is 0. The van der Waals surface area contributed by atoms with Crippen molar-refractivity contribution in [2.75, 3.05) is 0 Å². The van der Waals surface area contributed by atoms with Gasteiger partial charge in [0.15, 0.2) is 0 Å². The van der Waals surface area contributed by atoms with Gasteiger partial charge in [-0.15, -0.1) is 18.0 Å². The van der Waals surface area contributed by atoms with E-state index < -0.39 is 0 Å². The van der Waals surface area contributed by atoms with E-state index in [2.05, 4.69) is 19.8 Å². The van der Waals surface area contributed by atoms with Gasteiger partial charge < -0.3 is 0 Å². The van der Waals surface area contributed by atoms with Crippen LogP contribution in [0.2, 0.25) is 0 Å². The summed E-state index contributed by atoms with van der Waals surface area (Å²) >= 11 is 5.89. The maximum atomic E-state index is 5.89. The van der Waals surface area contributed by atoms with E-state index in [1.54, 1.807) is 0 Å². The monoisotopic (exact) mass is 128 g/mol. The number of halogens is 1. The second-order valence-corrected chi connectivity index (χ2v) is 3.12. The highest BCUT2D eigenvalue weighted by Gasteiger charge is 2.57. The molecule has 0 aliphatic heterocycles. The second-order valence-electron chi connectivity index (χ2n) is 2.49. The fraction of sp³-hybridized carbons (Fsp3) is 0.714. The Labute approximate surface area is 55.2 Å². The Bertz CT molecular complexity index is 135. The van der Waals surface area contributed by atoms with Crippen LogP contribution >= 0.6 is 11.6 Å². The summed E-state index contributed by atoms with van der Waals surface area (Å²) in [5, 5.41) is 0. The quantitative estimate of drug-likeness (QED) is 0.345. The van der Waals surface area contributed by atoms with Gasteiger partial charge in [-0.3, -0.25) is 0 Å². The van der Waals surface area contributed by atoms with Crippen LogP contribution < -0.4 is 0 Å². The molecule has 0 aromatic heterocycles. The summed E-state index contributed by atoms with van der Waals surface area (Å²) in [5.74, 6) is 3.60. The molecular formula is C7H9Cl. The van der Waals surface area contributed by atoms with Crippen LogP contribution in [0.5, 0.6) is 0 Å². The Morgan fingerprint density at radius 1 is 1.50 bits per heavy atom. The molecule has 0 bridgehead atoms. The third kappa shape index (κ3) is 0.485. The van der Waals surface area contributed by atoms with Crippen LogP contribution in [0.1, 0.15) is 13.8 Å². The average Bonchev–Trinajstić information content (AvgIpc) is 2.22. The number of hydrogen-bond donors (Lipinski definition) is 0. The predicted octanol–water partition coefficient (Wildman–Crippen LogP) is 1.88. The topological polar surface area (TPSA) is 0 Å². The van der Waals surface area contributed by atoms with Crippen LogP contribution in [-0.2, 0) is 0 Å². The molecule has 2 atom stereocenters. The van der Waals surface area contributed by atoms with Crippen molar-refractivity contribution in [3.05, 3.63) is 0 Å². The molecule has 1 saturated carbocycles. The first kappa shape index (κ1) is 5.98. The first-order chi connectivity index (χ1) is 3.63. The van der Waals surface area contributed by atoms with Crippen molar-refractivity contribution >= 4 is 11.6 Å². The zero-order chi connectivity index (χ0) is 6.36. The van der Waals surface area contributed by atoms with Crippen molar-refractivity contribution in [3.63, 3.8) is 0 Å². The zero-order valence-corrected chi connectivity index (χ0v) is 5.87. The summed E-state index contributed by atoms with van der Waals surface area (Å²) in [5.41, 5.74) is 0. The van der Waals surface area contributed by atoms with Crippen LogP contribution in [0.15, 0.2) is 0 Å². The lowest BCUT2D eigenvalue weighted by Gasteiger charge is -1.90. The molecule has 0 aromatic carbocycles. The maximum absolute atomic E-state index is 5.89. The van der Waals surface area contributed by atoms with Crippen molar-refractivity contribution in [1.82, 2.24) is 0 Å². The van der Waals surface area contributed by atoms with E-state index in [0.29, 0.717) is 11.8 Å². The lowest BCUT2D eigenvalue weighted by atomic mass is 10.3. The minimum absolute atomic E-state index is 0.292. The number of terminal acetylenes is 1. The van der Waals surface area contributed by atoms with Gasteiger partial charge in [0.1, 0.15) is 4.87 Å². The van der Waals surface area contributed by atoms with E-state index in [9.17, 15) is 0 Å². The molecule has 0 N–H and O–H groups in total. The fourth-order valence-electron chi connectivity index (χ4n) is 0.988. The van der Waals surface area contributed by atoms with Gasteiger partial charge in [-0.25, -0.2) is 0 Å². The SMILES string of the molecule is C#CC1(Cl)C(C)C1C. The van der Waals surface area contributed by atoms with Crippen molar-refractivity contribution in [2.24, 2.45) is 11.8 Å². The van der Waals surface area contributed by atoms with Crippen molar-refractivity contribution < 1.29 is 0 Å². The molecule has 0 aromatic rings. The van der Waals surface area contributed by atoms with Crippen molar-refractivity contribution in [1.29, 1.82) is 0 Å².